The molecule has 1 aliphatic carbocycles. The molecular weight excluding hydrogens is 320 g/mol. The van der Waals surface area contributed by atoms with Gasteiger partial charge in [-0.05, 0) is 22.3 Å². The fourth-order valence-electron chi connectivity index (χ4n) is 3.62. The molecule has 0 bridgehead atoms. The van der Waals surface area contributed by atoms with Crippen LogP contribution in [0.3, 0.4) is 0 Å². The zero-order valence-electron chi connectivity index (χ0n) is 13.1. The van der Waals surface area contributed by atoms with E-state index in [-0.39, 0.29) is 6.04 Å². The molecule has 1 heterocycles. The molecule has 5 heteroatoms. The van der Waals surface area contributed by atoms with Gasteiger partial charge in [0.05, 0.1) is 17.1 Å². The summed E-state index contributed by atoms with van der Waals surface area (Å²) < 4.78 is 27.0. The summed E-state index contributed by atoms with van der Waals surface area (Å²) in [4.78, 5) is 7.55. The molecule has 0 saturated carbocycles. The first-order valence-electron chi connectivity index (χ1n) is 7.96. The monoisotopic (exact) mass is 333 g/mol. The highest BCUT2D eigenvalue weighted by Crippen LogP contribution is 2.46. The Labute approximate surface area is 142 Å². The predicted molar refractivity (Wildman–Crippen MR) is 92.9 cm³/mol. The molecule has 3 aromatic carbocycles. The molecule has 0 radical (unpaired) electrons. The van der Waals surface area contributed by atoms with Crippen molar-refractivity contribution in [1.29, 1.82) is 0 Å². The summed E-state index contributed by atoms with van der Waals surface area (Å²) >= 11 is 0. The fraction of sp³-hybridized carbons (Fsp3) is 0.0500. The molecule has 25 heavy (non-hydrogen) atoms. The summed E-state index contributed by atoms with van der Waals surface area (Å²) in [6.45, 7) is 0. The van der Waals surface area contributed by atoms with Crippen molar-refractivity contribution in [2.75, 3.05) is 0 Å². The summed E-state index contributed by atoms with van der Waals surface area (Å²) in [6.07, 6.45) is 0. The third-order valence-electron chi connectivity index (χ3n) is 4.78. The minimum Gasteiger partial charge on any atom is -0.338 e. The summed E-state index contributed by atoms with van der Waals surface area (Å²) in [5.41, 5.74) is 12.3. The minimum atomic E-state index is -0.906. The van der Waals surface area contributed by atoms with Crippen molar-refractivity contribution in [3.8, 4) is 22.5 Å². The van der Waals surface area contributed by atoms with Gasteiger partial charge in [-0.1, -0.05) is 42.5 Å². The molecule has 5 rings (SSSR count). The Morgan fingerprint density at radius 1 is 0.880 bits per heavy atom. The number of rotatable bonds is 1. The number of imidazole rings is 1. The van der Waals surface area contributed by atoms with Crippen LogP contribution in [0.5, 0.6) is 0 Å². The SMILES string of the molecule is NC1c2ccccc2-c2c(-c3nc4cc(F)c(F)cc4[nH]3)cccc21. The Kier molecular flexibility index (Phi) is 2.85. The molecule has 3 nitrogen and oxygen atoms in total. The first-order valence-corrected chi connectivity index (χ1v) is 7.96. The molecule has 0 amide bonds. The van der Waals surface area contributed by atoms with E-state index in [1.807, 2.05) is 42.5 Å². The summed E-state index contributed by atoms with van der Waals surface area (Å²) in [5.74, 6) is -1.23. The topological polar surface area (TPSA) is 54.7 Å². The van der Waals surface area contributed by atoms with Gasteiger partial charge in [-0.25, -0.2) is 13.8 Å². The molecule has 1 aliphatic rings. The van der Waals surface area contributed by atoms with Crippen molar-refractivity contribution in [3.63, 3.8) is 0 Å². The van der Waals surface area contributed by atoms with E-state index < -0.39 is 11.6 Å². The van der Waals surface area contributed by atoms with Crippen LogP contribution < -0.4 is 5.73 Å². The van der Waals surface area contributed by atoms with Crippen LogP contribution in [0.15, 0.2) is 54.6 Å². The van der Waals surface area contributed by atoms with Gasteiger partial charge < -0.3 is 10.7 Å². The lowest BCUT2D eigenvalue weighted by Gasteiger charge is -2.08. The molecule has 4 aromatic rings. The van der Waals surface area contributed by atoms with Crippen LogP contribution in [0.1, 0.15) is 17.2 Å². The zero-order chi connectivity index (χ0) is 17.1. The van der Waals surface area contributed by atoms with E-state index in [2.05, 4.69) is 9.97 Å². The Hall–Kier alpha value is -3.05. The predicted octanol–water partition coefficient (Wildman–Crippen LogP) is 4.54. The van der Waals surface area contributed by atoms with E-state index in [0.717, 1.165) is 39.9 Å². The summed E-state index contributed by atoms with van der Waals surface area (Å²) in [7, 11) is 0. The standard InChI is InChI=1S/C20H13F2N3/c21-14-8-16-17(9-15(14)22)25-20(24-16)13-7-3-6-12-18(13)10-4-1-2-5-11(10)19(12)23/h1-9,19H,23H2,(H,24,25). The van der Waals surface area contributed by atoms with Crippen LogP contribution in [0.25, 0.3) is 33.5 Å². The summed E-state index contributed by atoms with van der Waals surface area (Å²) in [6, 6.07) is 15.9. The number of benzene rings is 3. The average molecular weight is 333 g/mol. The van der Waals surface area contributed by atoms with Gasteiger partial charge in [0, 0.05) is 17.7 Å². The van der Waals surface area contributed by atoms with Crippen LogP contribution >= 0.6 is 0 Å². The number of halogens is 2. The normalized spacial score (nSPS) is 15.4. The third-order valence-corrected chi connectivity index (χ3v) is 4.78. The van der Waals surface area contributed by atoms with E-state index in [9.17, 15) is 8.78 Å². The minimum absolute atomic E-state index is 0.189. The van der Waals surface area contributed by atoms with E-state index in [0.29, 0.717) is 16.9 Å². The van der Waals surface area contributed by atoms with Crippen molar-refractivity contribution in [1.82, 2.24) is 9.97 Å². The molecule has 0 aliphatic heterocycles. The largest absolute Gasteiger partial charge is 0.338 e. The number of nitrogens with zero attached hydrogens (tertiary/aromatic N) is 1. The lowest BCUT2D eigenvalue weighted by molar-refractivity contribution is 0.510. The zero-order valence-corrected chi connectivity index (χ0v) is 13.1. The number of H-pyrrole nitrogens is 1. The highest BCUT2D eigenvalue weighted by molar-refractivity contribution is 5.91. The molecule has 3 N–H and O–H groups in total. The summed E-state index contributed by atoms with van der Waals surface area (Å²) in [5, 5.41) is 0. The second kappa shape index (κ2) is 4.97. The number of hydrogen-bond acceptors (Lipinski definition) is 2. The van der Waals surface area contributed by atoms with Gasteiger partial charge in [0.15, 0.2) is 11.6 Å². The lowest BCUT2D eigenvalue weighted by atomic mass is 9.99. The number of aromatic nitrogens is 2. The quantitative estimate of drug-likeness (QED) is 0.537. The van der Waals surface area contributed by atoms with Gasteiger partial charge in [-0.2, -0.15) is 0 Å². The Morgan fingerprint density at radius 3 is 2.48 bits per heavy atom. The molecule has 1 unspecified atom stereocenters. The molecule has 122 valence electrons. The maximum absolute atomic E-state index is 13.5. The van der Waals surface area contributed by atoms with E-state index in [4.69, 9.17) is 5.73 Å². The number of fused-ring (bicyclic) bond motifs is 4. The molecule has 0 fully saturated rings. The lowest BCUT2D eigenvalue weighted by Crippen LogP contribution is -2.07. The molecule has 0 saturated heterocycles. The number of nitrogens with one attached hydrogen (secondary N) is 1. The molecule has 1 aromatic heterocycles. The van der Waals surface area contributed by atoms with Gasteiger partial charge >= 0.3 is 0 Å². The van der Waals surface area contributed by atoms with Gasteiger partial charge in [-0.15, -0.1) is 0 Å². The second-order valence-corrected chi connectivity index (χ2v) is 6.20. The van der Waals surface area contributed by atoms with Crippen molar-refractivity contribution in [2.24, 2.45) is 5.73 Å². The number of aromatic amines is 1. The van der Waals surface area contributed by atoms with Crippen LogP contribution in [0, 0.1) is 11.6 Å². The van der Waals surface area contributed by atoms with Crippen LogP contribution in [0.4, 0.5) is 8.78 Å². The van der Waals surface area contributed by atoms with Crippen molar-refractivity contribution >= 4 is 11.0 Å². The third kappa shape index (κ3) is 1.96. The Balaban J connectivity index is 1.78. The van der Waals surface area contributed by atoms with Gasteiger partial charge in [0.2, 0.25) is 0 Å². The maximum Gasteiger partial charge on any atom is 0.161 e. The fourth-order valence-corrected chi connectivity index (χ4v) is 3.62. The maximum atomic E-state index is 13.5. The first-order chi connectivity index (χ1) is 12.1. The van der Waals surface area contributed by atoms with Crippen LogP contribution in [0.2, 0.25) is 0 Å². The van der Waals surface area contributed by atoms with Gasteiger partial charge in [0.1, 0.15) is 5.82 Å². The number of nitrogens with two attached hydrogens (primary N) is 1. The smallest absolute Gasteiger partial charge is 0.161 e. The Bertz CT molecular complexity index is 1110. The molecular formula is C20H13F2N3. The van der Waals surface area contributed by atoms with E-state index >= 15 is 0 Å². The highest BCUT2D eigenvalue weighted by Gasteiger charge is 2.28. The Morgan fingerprint density at radius 2 is 1.60 bits per heavy atom. The highest BCUT2D eigenvalue weighted by atomic mass is 19.2. The van der Waals surface area contributed by atoms with E-state index in [1.165, 1.54) is 0 Å². The first kappa shape index (κ1) is 14.3. The van der Waals surface area contributed by atoms with Crippen molar-refractivity contribution in [3.05, 3.63) is 77.4 Å². The second-order valence-electron chi connectivity index (χ2n) is 6.20. The van der Waals surface area contributed by atoms with Crippen molar-refractivity contribution < 1.29 is 8.78 Å². The van der Waals surface area contributed by atoms with Crippen LogP contribution in [-0.2, 0) is 0 Å². The van der Waals surface area contributed by atoms with Crippen LogP contribution in [-0.4, -0.2) is 9.97 Å². The average Bonchev–Trinajstić information content (AvgIpc) is 3.15. The molecule has 1 atom stereocenters. The molecule has 0 spiro atoms. The van der Waals surface area contributed by atoms with Gasteiger partial charge in [0.25, 0.3) is 0 Å². The van der Waals surface area contributed by atoms with E-state index in [1.54, 1.807) is 0 Å². The number of hydrogen-bond donors (Lipinski definition) is 2. The van der Waals surface area contributed by atoms with Crippen molar-refractivity contribution in [2.45, 2.75) is 6.04 Å². The van der Waals surface area contributed by atoms with Gasteiger partial charge in [-0.3, -0.25) is 0 Å².